The molecule has 2 aliphatic heterocycles. The summed E-state index contributed by atoms with van der Waals surface area (Å²) in [5, 5.41) is 2.89. The number of ether oxygens (including phenoxy) is 2. The average molecular weight is 425 g/mol. The summed E-state index contributed by atoms with van der Waals surface area (Å²) in [4.78, 5) is 23.1. The summed E-state index contributed by atoms with van der Waals surface area (Å²) in [6, 6.07) is 8.25. The summed E-state index contributed by atoms with van der Waals surface area (Å²) >= 11 is 1.57. The van der Waals surface area contributed by atoms with Crippen LogP contribution in [0.5, 0.6) is 5.75 Å². The number of carbonyl (C=O) groups is 1. The van der Waals surface area contributed by atoms with Gasteiger partial charge in [-0.25, -0.2) is 4.98 Å². The van der Waals surface area contributed by atoms with E-state index in [-0.39, 0.29) is 17.9 Å². The first kappa shape index (κ1) is 19.3. The number of rotatable bonds is 5. The van der Waals surface area contributed by atoms with Crippen molar-refractivity contribution in [2.45, 2.75) is 19.4 Å². The standard InChI is InChI=1S/C22H24N4O3S/c1-14(16-10-21(27)24-11-16)29-20-9-15(8-19-22(20)30-13-25-19)18-3-2-17(12-23-18)26-4-6-28-7-5-26/h2-3,8-9,12-14,16H,4-7,10-11H2,1H3,(H,24,27)/t14-,16?/m0/s1. The minimum absolute atomic E-state index is 0.0684. The molecule has 0 bridgehead atoms. The second-order valence-electron chi connectivity index (χ2n) is 7.77. The van der Waals surface area contributed by atoms with E-state index in [4.69, 9.17) is 14.5 Å². The molecule has 0 aliphatic carbocycles. The molecule has 4 heterocycles. The molecule has 0 saturated carbocycles. The van der Waals surface area contributed by atoms with Crippen LogP contribution in [0.2, 0.25) is 0 Å². The second-order valence-corrected chi connectivity index (χ2v) is 8.62. The molecular formula is C22H24N4O3S. The van der Waals surface area contributed by atoms with Gasteiger partial charge in [0.05, 0.1) is 46.5 Å². The maximum Gasteiger partial charge on any atom is 0.220 e. The van der Waals surface area contributed by atoms with Gasteiger partial charge >= 0.3 is 0 Å². The van der Waals surface area contributed by atoms with Gasteiger partial charge in [-0.1, -0.05) is 0 Å². The highest BCUT2D eigenvalue weighted by atomic mass is 32.1. The number of hydrogen-bond acceptors (Lipinski definition) is 7. The molecular weight excluding hydrogens is 400 g/mol. The van der Waals surface area contributed by atoms with Crippen molar-refractivity contribution < 1.29 is 14.3 Å². The molecule has 1 amide bonds. The number of anilines is 1. The van der Waals surface area contributed by atoms with Crippen LogP contribution in [-0.2, 0) is 9.53 Å². The fourth-order valence-corrected chi connectivity index (χ4v) is 4.72. The molecule has 1 unspecified atom stereocenters. The zero-order chi connectivity index (χ0) is 20.5. The molecule has 2 fully saturated rings. The van der Waals surface area contributed by atoms with Crippen LogP contribution in [0.1, 0.15) is 13.3 Å². The number of carbonyl (C=O) groups excluding carboxylic acids is 1. The fraction of sp³-hybridized carbons (Fsp3) is 0.409. The number of nitrogens with one attached hydrogen (secondary N) is 1. The number of morpholine rings is 1. The predicted molar refractivity (Wildman–Crippen MR) is 117 cm³/mol. The van der Waals surface area contributed by atoms with Crippen LogP contribution in [0.3, 0.4) is 0 Å². The van der Waals surface area contributed by atoms with Crippen molar-refractivity contribution in [3.63, 3.8) is 0 Å². The van der Waals surface area contributed by atoms with Gasteiger partial charge in [-0.2, -0.15) is 0 Å². The van der Waals surface area contributed by atoms with Crippen LogP contribution in [-0.4, -0.2) is 54.8 Å². The van der Waals surface area contributed by atoms with Crippen LogP contribution >= 0.6 is 11.3 Å². The Balaban J connectivity index is 1.41. The maximum atomic E-state index is 11.6. The van der Waals surface area contributed by atoms with Gasteiger partial charge in [0.1, 0.15) is 11.9 Å². The maximum absolute atomic E-state index is 11.6. The molecule has 5 rings (SSSR count). The number of amides is 1. The fourth-order valence-electron chi connectivity index (χ4n) is 3.99. The first-order valence-corrected chi connectivity index (χ1v) is 11.1. The summed E-state index contributed by atoms with van der Waals surface area (Å²) in [5.74, 6) is 1.07. The monoisotopic (exact) mass is 424 g/mol. The first-order valence-electron chi connectivity index (χ1n) is 10.3. The van der Waals surface area contributed by atoms with Crippen LogP contribution in [0.25, 0.3) is 21.5 Å². The molecule has 7 nitrogen and oxygen atoms in total. The van der Waals surface area contributed by atoms with Gasteiger partial charge in [-0.3, -0.25) is 9.78 Å². The van der Waals surface area contributed by atoms with Crippen molar-refractivity contribution >= 4 is 33.1 Å². The zero-order valence-electron chi connectivity index (χ0n) is 16.8. The van der Waals surface area contributed by atoms with Gasteiger partial charge in [0.25, 0.3) is 0 Å². The Morgan fingerprint density at radius 1 is 1.27 bits per heavy atom. The summed E-state index contributed by atoms with van der Waals surface area (Å²) < 4.78 is 12.8. The van der Waals surface area contributed by atoms with Crippen molar-refractivity contribution in [2.24, 2.45) is 5.92 Å². The average Bonchev–Trinajstić information content (AvgIpc) is 3.43. The van der Waals surface area contributed by atoms with Gasteiger partial charge in [0, 0.05) is 37.5 Å². The van der Waals surface area contributed by atoms with Crippen LogP contribution < -0.4 is 15.0 Å². The predicted octanol–water partition coefficient (Wildman–Crippen LogP) is 3.10. The molecule has 156 valence electrons. The highest BCUT2D eigenvalue weighted by Crippen LogP contribution is 2.36. The highest BCUT2D eigenvalue weighted by Gasteiger charge is 2.28. The number of pyridine rings is 1. The number of thiazole rings is 1. The minimum Gasteiger partial charge on any atom is -0.489 e. The van der Waals surface area contributed by atoms with E-state index in [1.165, 1.54) is 0 Å². The molecule has 2 atom stereocenters. The third kappa shape index (κ3) is 3.85. The third-order valence-corrected chi connectivity index (χ3v) is 6.66. The highest BCUT2D eigenvalue weighted by molar-refractivity contribution is 7.17. The molecule has 0 radical (unpaired) electrons. The number of aromatic nitrogens is 2. The number of hydrogen-bond donors (Lipinski definition) is 1. The Kier molecular flexibility index (Phi) is 5.26. The Labute approximate surface area is 179 Å². The Morgan fingerprint density at radius 3 is 2.87 bits per heavy atom. The normalized spacial score (nSPS) is 20.4. The zero-order valence-corrected chi connectivity index (χ0v) is 17.7. The Bertz CT molecular complexity index is 1050. The number of benzene rings is 1. The first-order chi connectivity index (χ1) is 14.7. The van der Waals surface area contributed by atoms with Gasteiger partial charge in [-0.05, 0) is 31.2 Å². The minimum atomic E-state index is -0.0684. The Morgan fingerprint density at radius 2 is 2.13 bits per heavy atom. The van der Waals surface area contributed by atoms with Crippen LogP contribution in [0.15, 0.2) is 36.0 Å². The molecule has 8 heteroatoms. The van der Waals surface area contributed by atoms with E-state index in [9.17, 15) is 4.79 Å². The van der Waals surface area contributed by atoms with E-state index in [1.54, 1.807) is 11.3 Å². The van der Waals surface area contributed by atoms with E-state index >= 15 is 0 Å². The molecule has 3 aromatic rings. The van der Waals surface area contributed by atoms with Crippen molar-refractivity contribution in [1.29, 1.82) is 0 Å². The lowest BCUT2D eigenvalue weighted by atomic mass is 10.0. The second kappa shape index (κ2) is 8.20. The topological polar surface area (TPSA) is 76.6 Å². The SMILES string of the molecule is C[C@H](Oc1cc(-c2ccc(N3CCOCC3)cn2)cc2ncsc12)C1CNC(=O)C1. The molecule has 2 aliphatic rings. The lowest BCUT2D eigenvalue weighted by molar-refractivity contribution is -0.119. The lowest BCUT2D eigenvalue weighted by Crippen LogP contribution is -2.36. The lowest BCUT2D eigenvalue weighted by Gasteiger charge is -2.28. The third-order valence-electron chi connectivity index (χ3n) is 5.80. The van der Waals surface area contributed by atoms with Crippen molar-refractivity contribution in [1.82, 2.24) is 15.3 Å². The van der Waals surface area contributed by atoms with E-state index in [1.807, 2.05) is 30.8 Å². The van der Waals surface area contributed by atoms with Gasteiger partial charge in [0.15, 0.2) is 0 Å². The van der Waals surface area contributed by atoms with Gasteiger partial charge < -0.3 is 19.7 Å². The van der Waals surface area contributed by atoms with Crippen molar-refractivity contribution in [3.05, 3.63) is 36.0 Å². The summed E-state index contributed by atoms with van der Waals surface area (Å²) in [6.07, 6.45) is 2.36. The van der Waals surface area contributed by atoms with E-state index in [0.717, 1.165) is 59.2 Å². The smallest absolute Gasteiger partial charge is 0.220 e. The molecule has 1 aromatic carbocycles. The van der Waals surface area contributed by atoms with E-state index in [2.05, 4.69) is 27.3 Å². The largest absolute Gasteiger partial charge is 0.489 e. The van der Waals surface area contributed by atoms with Crippen LogP contribution in [0.4, 0.5) is 5.69 Å². The van der Waals surface area contributed by atoms with Crippen molar-refractivity contribution in [2.75, 3.05) is 37.7 Å². The summed E-state index contributed by atoms with van der Waals surface area (Å²) in [6.45, 7) is 5.98. The Hall–Kier alpha value is -2.71. The summed E-state index contributed by atoms with van der Waals surface area (Å²) in [5.41, 5.74) is 5.71. The quantitative estimate of drug-likeness (QED) is 0.678. The number of fused-ring (bicyclic) bond motifs is 1. The van der Waals surface area contributed by atoms with E-state index in [0.29, 0.717) is 13.0 Å². The molecule has 2 aromatic heterocycles. The van der Waals surface area contributed by atoms with Crippen molar-refractivity contribution in [3.8, 4) is 17.0 Å². The van der Waals surface area contributed by atoms with Crippen LogP contribution in [0, 0.1) is 5.92 Å². The molecule has 0 spiro atoms. The van der Waals surface area contributed by atoms with E-state index < -0.39 is 0 Å². The van der Waals surface area contributed by atoms with Gasteiger partial charge in [-0.15, -0.1) is 11.3 Å². The molecule has 1 N–H and O–H groups in total. The van der Waals surface area contributed by atoms with Gasteiger partial charge in [0.2, 0.25) is 5.91 Å². The summed E-state index contributed by atoms with van der Waals surface area (Å²) in [7, 11) is 0. The number of nitrogens with zero attached hydrogens (tertiary/aromatic N) is 3. The molecule has 2 saturated heterocycles. The molecule has 30 heavy (non-hydrogen) atoms.